The van der Waals surface area contributed by atoms with Crippen LogP contribution in [0.2, 0.25) is 5.02 Å². The molecule has 2 rings (SSSR count). The van der Waals surface area contributed by atoms with Crippen molar-refractivity contribution < 1.29 is 14.3 Å². The molecule has 0 bridgehead atoms. The topological polar surface area (TPSA) is 35.5 Å². The Hall–Kier alpha value is -2.00. The van der Waals surface area contributed by atoms with Gasteiger partial charge >= 0.3 is 5.97 Å². The van der Waals surface area contributed by atoms with Gasteiger partial charge in [-0.15, -0.1) is 0 Å². The summed E-state index contributed by atoms with van der Waals surface area (Å²) in [5.41, 5.74) is 1.82. The summed E-state index contributed by atoms with van der Waals surface area (Å²) in [5, 5.41) is 0.658. The highest BCUT2D eigenvalue weighted by Gasteiger charge is 2.19. The number of ether oxygens (including phenoxy) is 2. The molecule has 146 valence electrons. The third kappa shape index (κ3) is 7.26. The Bertz CT molecular complexity index is 680. The van der Waals surface area contributed by atoms with Crippen molar-refractivity contribution in [2.45, 2.75) is 58.0 Å². The predicted molar refractivity (Wildman–Crippen MR) is 110 cm³/mol. The molecule has 0 aliphatic rings. The molecule has 0 aliphatic heterocycles. The molecule has 0 saturated carbocycles. The highest BCUT2D eigenvalue weighted by Crippen LogP contribution is 2.29. The number of esters is 1. The van der Waals surface area contributed by atoms with E-state index >= 15 is 0 Å². The quantitative estimate of drug-likeness (QED) is 0.316. The molecule has 0 aliphatic carbocycles. The van der Waals surface area contributed by atoms with Gasteiger partial charge in [0.25, 0.3) is 0 Å². The number of hydrogen-bond donors (Lipinski definition) is 0. The first kappa shape index (κ1) is 21.3. The van der Waals surface area contributed by atoms with Crippen LogP contribution in [0.5, 0.6) is 5.75 Å². The van der Waals surface area contributed by atoms with Crippen LogP contribution in [0.1, 0.15) is 69.1 Å². The van der Waals surface area contributed by atoms with Gasteiger partial charge in [0.05, 0.1) is 7.11 Å². The summed E-state index contributed by atoms with van der Waals surface area (Å²) in [6, 6.07) is 15.0. The third-order valence-electron chi connectivity index (χ3n) is 4.58. The van der Waals surface area contributed by atoms with Crippen molar-refractivity contribution in [3.8, 4) is 5.75 Å². The van der Waals surface area contributed by atoms with Crippen LogP contribution in [0, 0.1) is 0 Å². The van der Waals surface area contributed by atoms with Gasteiger partial charge in [-0.25, -0.2) is 0 Å². The van der Waals surface area contributed by atoms with Gasteiger partial charge in [-0.2, -0.15) is 0 Å². The number of carbonyl (C=O) groups excluding carboxylic acids is 1. The number of carbonyl (C=O) groups is 1. The summed E-state index contributed by atoms with van der Waals surface area (Å²) >= 11 is 6.00. The van der Waals surface area contributed by atoms with E-state index in [1.165, 1.54) is 25.7 Å². The molecular weight excluding hydrogens is 360 g/mol. The standard InChI is InChI=1S/C23H29ClO3/c1-3-4-5-6-7-8-9-22(25)27-23(18-10-14-20(24)15-11-18)19-12-16-21(26-2)17-13-19/h10-17,23H,3-9H2,1-2H3/t23-/m0/s1. The molecule has 2 aromatic rings. The smallest absolute Gasteiger partial charge is 0.306 e. The molecule has 0 N–H and O–H groups in total. The summed E-state index contributed by atoms with van der Waals surface area (Å²) in [6.45, 7) is 2.20. The van der Waals surface area contributed by atoms with Gasteiger partial charge in [0, 0.05) is 11.4 Å². The van der Waals surface area contributed by atoms with Gasteiger partial charge in [0.15, 0.2) is 6.10 Å². The van der Waals surface area contributed by atoms with Gasteiger partial charge < -0.3 is 9.47 Å². The predicted octanol–water partition coefficient (Wildman–Crippen LogP) is 6.73. The molecule has 27 heavy (non-hydrogen) atoms. The van der Waals surface area contributed by atoms with E-state index in [0.717, 1.165) is 29.7 Å². The second kappa shape index (κ2) is 11.7. The maximum Gasteiger partial charge on any atom is 0.306 e. The monoisotopic (exact) mass is 388 g/mol. The summed E-state index contributed by atoms with van der Waals surface area (Å²) < 4.78 is 11.1. The van der Waals surface area contributed by atoms with Crippen LogP contribution in [-0.4, -0.2) is 13.1 Å². The van der Waals surface area contributed by atoms with E-state index in [4.69, 9.17) is 21.1 Å². The second-order valence-corrected chi connectivity index (χ2v) is 7.15. The lowest BCUT2D eigenvalue weighted by atomic mass is 10.0. The Labute approximate surface area is 167 Å². The average Bonchev–Trinajstić information content (AvgIpc) is 2.70. The second-order valence-electron chi connectivity index (χ2n) is 6.71. The summed E-state index contributed by atoms with van der Waals surface area (Å²) in [6.07, 6.45) is 6.87. The maximum absolute atomic E-state index is 12.4. The number of benzene rings is 2. The van der Waals surface area contributed by atoms with Crippen LogP contribution in [0.25, 0.3) is 0 Å². The van der Waals surface area contributed by atoms with Crippen molar-refractivity contribution in [2.75, 3.05) is 7.11 Å². The molecule has 0 heterocycles. The Morgan fingerprint density at radius 1 is 0.889 bits per heavy atom. The van der Waals surface area contributed by atoms with E-state index in [1.807, 2.05) is 48.5 Å². The number of hydrogen-bond acceptors (Lipinski definition) is 3. The van der Waals surface area contributed by atoms with Crippen LogP contribution < -0.4 is 4.74 Å². The van der Waals surface area contributed by atoms with Crippen molar-refractivity contribution in [3.63, 3.8) is 0 Å². The number of methoxy groups -OCH3 is 1. The van der Waals surface area contributed by atoms with Gasteiger partial charge in [-0.1, -0.05) is 74.9 Å². The van der Waals surface area contributed by atoms with E-state index in [-0.39, 0.29) is 5.97 Å². The molecule has 0 amide bonds. The fraction of sp³-hybridized carbons (Fsp3) is 0.435. The normalized spacial score (nSPS) is 11.8. The van der Waals surface area contributed by atoms with Crippen LogP contribution >= 0.6 is 11.6 Å². The lowest BCUT2D eigenvalue weighted by molar-refractivity contribution is -0.147. The lowest BCUT2D eigenvalue weighted by Gasteiger charge is -2.19. The highest BCUT2D eigenvalue weighted by molar-refractivity contribution is 6.30. The maximum atomic E-state index is 12.4. The minimum atomic E-state index is -0.444. The highest BCUT2D eigenvalue weighted by atomic mass is 35.5. The van der Waals surface area contributed by atoms with Crippen molar-refractivity contribution in [1.82, 2.24) is 0 Å². The van der Waals surface area contributed by atoms with Crippen molar-refractivity contribution in [2.24, 2.45) is 0 Å². The van der Waals surface area contributed by atoms with Gasteiger partial charge in [-0.3, -0.25) is 4.79 Å². The largest absolute Gasteiger partial charge is 0.497 e. The fourth-order valence-electron chi connectivity index (χ4n) is 2.98. The Balaban J connectivity index is 2.01. The third-order valence-corrected chi connectivity index (χ3v) is 4.83. The van der Waals surface area contributed by atoms with Crippen LogP contribution in [0.4, 0.5) is 0 Å². The van der Waals surface area contributed by atoms with Crippen molar-refractivity contribution >= 4 is 17.6 Å². The van der Waals surface area contributed by atoms with Crippen LogP contribution in [0.3, 0.4) is 0 Å². The minimum absolute atomic E-state index is 0.166. The first-order valence-corrected chi connectivity index (χ1v) is 10.1. The summed E-state index contributed by atoms with van der Waals surface area (Å²) in [7, 11) is 1.63. The van der Waals surface area contributed by atoms with E-state index in [0.29, 0.717) is 11.4 Å². The molecule has 0 saturated heterocycles. The number of rotatable bonds is 11. The first-order chi connectivity index (χ1) is 13.1. The average molecular weight is 389 g/mol. The SMILES string of the molecule is CCCCCCCCC(=O)O[C@@H](c1ccc(Cl)cc1)c1ccc(OC)cc1. The fourth-order valence-corrected chi connectivity index (χ4v) is 3.11. The van der Waals surface area contributed by atoms with Crippen molar-refractivity contribution in [1.29, 1.82) is 0 Å². The molecule has 0 aromatic heterocycles. The molecule has 0 fully saturated rings. The summed E-state index contributed by atoms with van der Waals surface area (Å²) in [4.78, 5) is 12.4. The van der Waals surface area contributed by atoms with E-state index in [2.05, 4.69) is 6.92 Å². The molecule has 2 aromatic carbocycles. The zero-order valence-corrected chi connectivity index (χ0v) is 17.0. The van der Waals surface area contributed by atoms with Crippen LogP contribution in [-0.2, 0) is 9.53 Å². The summed E-state index contributed by atoms with van der Waals surface area (Å²) in [5.74, 6) is 0.605. The molecular formula is C23H29ClO3. The van der Waals surface area contributed by atoms with Crippen molar-refractivity contribution in [3.05, 3.63) is 64.7 Å². The Morgan fingerprint density at radius 3 is 2.04 bits per heavy atom. The van der Waals surface area contributed by atoms with E-state index in [1.54, 1.807) is 7.11 Å². The molecule has 0 spiro atoms. The zero-order chi connectivity index (χ0) is 19.5. The van der Waals surface area contributed by atoms with Gasteiger partial charge in [0.1, 0.15) is 5.75 Å². The zero-order valence-electron chi connectivity index (χ0n) is 16.2. The minimum Gasteiger partial charge on any atom is -0.497 e. The number of unbranched alkanes of at least 4 members (excludes halogenated alkanes) is 5. The lowest BCUT2D eigenvalue weighted by Crippen LogP contribution is -2.12. The molecule has 0 radical (unpaired) electrons. The molecule has 0 unspecified atom stereocenters. The molecule has 3 nitrogen and oxygen atoms in total. The van der Waals surface area contributed by atoms with E-state index < -0.39 is 6.10 Å². The van der Waals surface area contributed by atoms with E-state index in [9.17, 15) is 4.79 Å². The Morgan fingerprint density at radius 2 is 1.44 bits per heavy atom. The van der Waals surface area contributed by atoms with Crippen LogP contribution in [0.15, 0.2) is 48.5 Å². The van der Waals surface area contributed by atoms with Gasteiger partial charge in [-0.05, 0) is 41.8 Å². The molecule has 4 heteroatoms. The first-order valence-electron chi connectivity index (χ1n) is 9.73. The Kier molecular flexibility index (Phi) is 9.20. The number of halogens is 1. The van der Waals surface area contributed by atoms with Gasteiger partial charge in [0.2, 0.25) is 0 Å². The molecule has 1 atom stereocenters.